The van der Waals surface area contributed by atoms with Gasteiger partial charge in [-0.15, -0.1) is 0 Å². The van der Waals surface area contributed by atoms with Crippen LogP contribution in [-0.2, 0) is 0 Å². The van der Waals surface area contributed by atoms with E-state index in [4.69, 9.17) is 4.74 Å². The first-order valence-electron chi connectivity index (χ1n) is 5.85. The highest BCUT2D eigenvalue weighted by atomic mass is 19.1. The van der Waals surface area contributed by atoms with Crippen molar-refractivity contribution in [3.05, 3.63) is 53.9 Å². The number of aromatic nitrogens is 2. The van der Waals surface area contributed by atoms with Crippen LogP contribution in [0.25, 0.3) is 0 Å². The highest BCUT2D eigenvalue weighted by Gasteiger charge is 2.18. The molecule has 0 fully saturated rings. The van der Waals surface area contributed by atoms with Crippen LogP contribution in [0.4, 0.5) is 4.39 Å². The smallest absolute Gasteiger partial charge is 0.165 e. The third-order valence-corrected chi connectivity index (χ3v) is 2.56. The molecular weight excluding hydrogens is 245 g/mol. The summed E-state index contributed by atoms with van der Waals surface area (Å²) in [4.78, 5) is 8.05. The van der Waals surface area contributed by atoms with Gasteiger partial charge in [0.2, 0.25) is 0 Å². The van der Waals surface area contributed by atoms with E-state index >= 15 is 0 Å². The third kappa shape index (κ3) is 2.86. The van der Waals surface area contributed by atoms with Gasteiger partial charge in [-0.25, -0.2) is 14.4 Å². The molecule has 0 saturated heterocycles. The molecule has 1 atom stereocenters. The molecule has 5 heteroatoms. The summed E-state index contributed by atoms with van der Waals surface area (Å²) in [6, 6.07) is 8.20. The van der Waals surface area contributed by atoms with Gasteiger partial charge in [-0.1, -0.05) is 6.07 Å². The SMILES string of the molecule is CCOc1ccc(C(C#N)c2ncccn2)cc1F. The fourth-order valence-corrected chi connectivity index (χ4v) is 1.71. The Balaban J connectivity index is 2.35. The van der Waals surface area contributed by atoms with Crippen LogP contribution in [0.1, 0.15) is 24.2 Å². The van der Waals surface area contributed by atoms with Crippen LogP contribution >= 0.6 is 0 Å². The van der Waals surface area contributed by atoms with Gasteiger partial charge in [0, 0.05) is 12.4 Å². The van der Waals surface area contributed by atoms with E-state index in [-0.39, 0.29) is 5.75 Å². The fourth-order valence-electron chi connectivity index (χ4n) is 1.71. The van der Waals surface area contributed by atoms with E-state index in [1.54, 1.807) is 31.5 Å². The van der Waals surface area contributed by atoms with Crippen LogP contribution < -0.4 is 4.74 Å². The van der Waals surface area contributed by atoms with Gasteiger partial charge < -0.3 is 4.74 Å². The normalized spacial score (nSPS) is 11.6. The number of nitriles is 1. The molecule has 1 unspecified atom stereocenters. The van der Waals surface area contributed by atoms with Gasteiger partial charge in [-0.2, -0.15) is 5.26 Å². The van der Waals surface area contributed by atoms with Gasteiger partial charge in [-0.3, -0.25) is 0 Å². The maximum absolute atomic E-state index is 13.8. The first-order valence-corrected chi connectivity index (χ1v) is 5.85. The Hall–Kier alpha value is -2.48. The molecule has 0 aliphatic carbocycles. The topological polar surface area (TPSA) is 58.8 Å². The molecule has 1 heterocycles. The summed E-state index contributed by atoms with van der Waals surface area (Å²) in [6.07, 6.45) is 3.11. The predicted octanol–water partition coefficient (Wildman–Crippen LogP) is 2.67. The van der Waals surface area contributed by atoms with Crippen molar-refractivity contribution in [1.29, 1.82) is 5.26 Å². The number of nitrogens with zero attached hydrogens (tertiary/aromatic N) is 3. The van der Waals surface area contributed by atoms with Gasteiger partial charge in [0.25, 0.3) is 0 Å². The third-order valence-electron chi connectivity index (χ3n) is 2.56. The van der Waals surface area contributed by atoms with Crippen LogP contribution in [0.5, 0.6) is 5.75 Å². The van der Waals surface area contributed by atoms with Crippen LogP contribution in [0.15, 0.2) is 36.7 Å². The monoisotopic (exact) mass is 257 g/mol. The Morgan fingerprint density at radius 3 is 2.68 bits per heavy atom. The second-order valence-corrected chi connectivity index (χ2v) is 3.79. The fraction of sp³-hybridized carbons (Fsp3) is 0.214. The molecule has 1 aromatic carbocycles. The summed E-state index contributed by atoms with van der Waals surface area (Å²) in [5.41, 5.74) is 0.509. The molecule has 0 radical (unpaired) electrons. The molecule has 0 saturated carbocycles. The molecule has 0 spiro atoms. The van der Waals surface area contributed by atoms with Crippen molar-refractivity contribution >= 4 is 0 Å². The summed E-state index contributed by atoms with van der Waals surface area (Å²) >= 11 is 0. The number of rotatable bonds is 4. The van der Waals surface area contributed by atoms with Crippen molar-refractivity contribution in [3.8, 4) is 11.8 Å². The Kier molecular flexibility index (Phi) is 4.04. The minimum atomic E-state index is -0.689. The van der Waals surface area contributed by atoms with Crippen LogP contribution in [0.3, 0.4) is 0 Å². The lowest BCUT2D eigenvalue weighted by atomic mass is 9.99. The van der Waals surface area contributed by atoms with E-state index in [0.29, 0.717) is 18.0 Å². The molecule has 0 amide bonds. The van der Waals surface area contributed by atoms with Crippen molar-refractivity contribution in [2.45, 2.75) is 12.8 Å². The molecule has 19 heavy (non-hydrogen) atoms. The van der Waals surface area contributed by atoms with Gasteiger partial charge in [0.15, 0.2) is 11.6 Å². The number of ether oxygens (including phenoxy) is 1. The van der Waals surface area contributed by atoms with Crippen LogP contribution in [-0.4, -0.2) is 16.6 Å². The van der Waals surface area contributed by atoms with Crippen molar-refractivity contribution in [2.75, 3.05) is 6.61 Å². The van der Waals surface area contributed by atoms with E-state index in [1.165, 1.54) is 12.1 Å². The predicted molar refractivity (Wildman–Crippen MR) is 67.1 cm³/mol. The Bertz CT molecular complexity index is 595. The Morgan fingerprint density at radius 1 is 1.37 bits per heavy atom. The Morgan fingerprint density at radius 2 is 2.11 bits per heavy atom. The first kappa shape index (κ1) is 13.0. The van der Waals surface area contributed by atoms with E-state index < -0.39 is 11.7 Å². The largest absolute Gasteiger partial charge is 0.491 e. The van der Waals surface area contributed by atoms with Crippen LogP contribution in [0, 0.1) is 17.1 Å². The standard InChI is InChI=1S/C14H12FN3O/c1-2-19-13-5-4-10(8-12(13)15)11(9-16)14-17-6-3-7-18-14/h3-8,11H,2H2,1H3. The second-order valence-electron chi connectivity index (χ2n) is 3.79. The van der Waals surface area contributed by atoms with E-state index in [0.717, 1.165) is 0 Å². The molecule has 0 aliphatic rings. The molecule has 96 valence electrons. The van der Waals surface area contributed by atoms with Crippen molar-refractivity contribution < 1.29 is 9.13 Å². The lowest BCUT2D eigenvalue weighted by molar-refractivity contribution is 0.321. The minimum absolute atomic E-state index is 0.178. The molecular formula is C14H12FN3O. The minimum Gasteiger partial charge on any atom is -0.491 e. The summed E-state index contributed by atoms with van der Waals surface area (Å²) in [5, 5.41) is 9.21. The van der Waals surface area contributed by atoms with Crippen molar-refractivity contribution in [3.63, 3.8) is 0 Å². The molecule has 0 N–H and O–H groups in total. The number of hydrogen-bond acceptors (Lipinski definition) is 4. The van der Waals surface area contributed by atoms with E-state index in [9.17, 15) is 9.65 Å². The van der Waals surface area contributed by atoms with Gasteiger partial charge in [0.05, 0.1) is 12.7 Å². The van der Waals surface area contributed by atoms with E-state index in [1.807, 2.05) is 0 Å². The molecule has 1 aromatic heterocycles. The van der Waals surface area contributed by atoms with Crippen LogP contribution in [0.2, 0.25) is 0 Å². The van der Waals surface area contributed by atoms with Gasteiger partial charge in [-0.05, 0) is 30.7 Å². The van der Waals surface area contributed by atoms with Gasteiger partial charge >= 0.3 is 0 Å². The average Bonchev–Trinajstić information content (AvgIpc) is 2.44. The zero-order valence-electron chi connectivity index (χ0n) is 10.4. The number of benzene rings is 1. The first-order chi connectivity index (χ1) is 9.26. The van der Waals surface area contributed by atoms with Gasteiger partial charge in [0.1, 0.15) is 11.7 Å². The maximum Gasteiger partial charge on any atom is 0.165 e. The highest BCUT2D eigenvalue weighted by molar-refractivity contribution is 5.37. The molecule has 2 rings (SSSR count). The summed E-state index contributed by atoms with van der Waals surface area (Å²) < 4.78 is 18.9. The lowest BCUT2D eigenvalue weighted by Crippen LogP contribution is -2.04. The number of hydrogen-bond donors (Lipinski definition) is 0. The molecule has 0 bridgehead atoms. The van der Waals surface area contributed by atoms with Crippen molar-refractivity contribution in [2.24, 2.45) is 0 Å². The molecule has 0 aliphatic heterocycles. The summed E-state index contributed by atoms with van der Waals surface area (Å²) in [7, 11) is 0. The lowest BCUT2D eigenvalue weighted by Gasteiger charge is -2.10. The molecule has 2 aromatic rings. The zero-order valence-corrected chi connectivity index (χ0v) is 10.4. The van der Waals surface area contributed by atoms with E-state index in [2.05, 4.69) is 16.0 Å². The number of halogens is 1. The maximum atomic E-state index is 13.8. The summed E-state index contributed by atoms with van der Waals surface area (Å²) in [6.45, 7) is 2.17. The quantitative estimate of drug-likeness (QED) is 0.844. The molecule has 4 nitrogen and oxygen atoms in total. The Labute approximate surface area is 110 Å². The van der Waals surface area contributed by atoms with Crippen molar-refractivity contribution in [1.82, 2.24) is 9.97 Å². The average molecular weight is 257 g/mol. The highest BCUT2D eigenvalue weighted by Crippen LogP contribution is 2.25. The summed E-state index contributed by atoms with van der Waals surface area (Å²) in [5.74, 6) is -0.646. The second kappa shape index (κ2) is 5.91. The zero-order chi connectivity index (χ0) is 13.7.